The van der Waals surface area contributed by atoms with Gasteiger partial charge in [-0.1, -0.05) is 251 Å². The number of amides is 1. The van der Waals surface area contributed by atoms with Gasteiger partial charge >= 0.3 is 5.97 Å². The summed E-state index contributed by atoms with van der Waals surface area (Å²) in [5, 5.41) is 3.01. The molecule has 462 valence electrons. The lowest BCUT2D eigenvalue weighted by atomic mass is 10.0. The van der Waals surface area contributed by atoms with Gasteiger partial charge in [-0.15, -0.1) is 0 Å². The van der Waals surface area contributed by atoms with Crippen LogP contribution in [0.1, 0.15) is 252 Å². The lowest BCUT2D eigenvalue weighted by Crippen LogP contribution is -2.47. The van der Waals surface area contributed by atoms with Gasteiger partial charge in [0.15, 0.2) is 0 Å². The fraction of sp³-hybridized carbons (Fsp3) is 0.662. The molecule has 81 heavy (non-hydrogen) atoms. The molecule has 0 aliphatic rings. The van der Waals surface area contributed by atoms with Gasteiger partial charge in [-0.3, -0.25) is 14.2 Å². The maximum atomic E-state index is 13.6. The monoisotopic (exact) mass is 1140 g/mol. The lowest BCUT2D eigenvalue weighted by molar-refractivity contribution is -0.870. The van der Waals surface area contributed by atoms with Crippen LogP contribution in [0.25, 0.3) is 0 Å². The molecule has 0 fully saturated rings. The average molecular weight is 1150 g/mol. The second-order valence-corrected chi connectivity index (χ2v) is 23.9. The SMILES string of the molecule is CC/C=C\C/C=C\C/C=C\C/C=C\C/C=C\C/C=C\CCCCCCCCCCC(=O)NC(COP(=O)([O-])OCC[N+](C)(C)C)C(/C=C\CCCCCCCCCCC)OC(=O)CCC/C=C\C/C=C\C/C=C\C/C=C\CCCCC. The van der Waals surface area contributed by atoms with Gasteiger partial charge in [0.1, 0.15) is 19.3 Å². The van der Waals surface area contributed by atoms with E-state index in [1.165, 1.54) is 96.3 Å². The standard InChI is InChI=1S/C71H121N2O7P/c1-7-10-13-16-19-22-25-27-29-31-32-33-34-35-36-37-38-39-40-42-43-45-48-51-54-57-60-63-70(74)72-68(67-79-81(76,77)78-66-65-73(4,5)6)69(62-59-56-53-50-47-24-21-18-15-12-9-3)80-71(75)64-61-58-55-52-49-46-44-41-30-28-26-23-20-17-14-11-8-2/h10,13,19-20,22-23,27-30,32-33,35-36,38-39,44,46,52,55,59,62,68-69H,7-9,11-12,14-18,21,24-26,31,34,37,40-43,45,47-51,53-54,56-58,60-61,63-67H2,1-6H3,(H-,72,74,76,77)/b13-10-,22-19-,23-20-,29-27-,30-28-,33-32-,36-35-,39-38-,46-44-,55-52-,62-59-. The van der Waals surface area contributed by atoms with E-state index in [9.17, 15) is 19.0 Å². The van der Waals surface area contributed by atoms with Crippen molar-refractivity contribution in [2.45, 2.75) is 264 Å². The van der Waals surface area contributed by atoms with Crippen molar-refractivity contribution in [2.75, 3.05) is 40.9 Å². The van der Waals surface area contributed by atoms with E-state index in [0.717, 1.165) is 109 Å². The summed E-state index contributed by atoms with van der Waals surface area (Å²) >= 11 is 0. The van der Waals surface area contributed by atoms with Crippen LogP contribution in [0.5, 0.6) is 0 Å². The van der Waals surface area contributed by atoms with Crippen LogP contribution in [0.2, 0.25) is 0 Å². The third-order valence-electron chi connectivity index (χ3n) is 13.6. The van der Waals surface area contributed by atoms with E-state index >= 15 is 0 Å². The smallest absolute Gasteiger partial charge is 0.306 e. The quantitative estimate of drug-likeness (QED) is 0.0212. The van der Waals surface area contributed by atoms with E-state index in [1.54, 1.807) is 6.08 Å². The first kappa shape index (κ1) is 77.2. The topological polar surface area (TPSA) is 114 Å². The number of phosphoric acid groups is 1. The normalized spacial score (nSPS) is 14.5. The number of unbranched alkanes of at least 4 members (excludes halogenated alkanes) is 21. The minimum Gasteiger partial charge on any atom is -0.756 e. The Kier molecular flexibility index (Phi) is 56.5. The van der Waals surface area contributed by atoms with Gasteiger partial charge in [0.2, 0.25) is 5.91 Å². The summed E-state index contributed by atoms with van der Waals surface area (Å²) in [6.45, 7) is 6.64. The molecule has 0 aliphatic carbocycles. The van der Waals surface area contributed by atoms with Crippen LogP contribution in [0.3, 0.4) is 0 Å². The van der Waals surface area contributed by atoms with Crippen LogP contribution in [-0.2, 0) is 27.9 Å². The molecule has 0 aromatic rings. The number of likely N-dealkylation sites (N-methyl/N-ethyl adjacent to an activating group) is 1. The summed E-state index contributed by atoms with van der Waals surface area (Å²) in [6, 6.07) is -0.924. The molecular weight excluding hydrogens is 1020 g/mol. The number of nitrogens with one attached hydrogen (secondary N) is 1. The molecule has 1 amide bonds. The highest BCUT2D eigenvalue weighted by Crippen LogP contribution is 2.38. The predicted molar refractivity (Wildman–Crippen MR) is 348 cm³/mol. The predicted octanol–water partition coefficient (Wildman–Crippen LogP) is 19.8. The van der Waals surface area contributed by atoms with Gasteiger partial charge in [-0.2, -0.15) is 0 Å². The Balaban J connectivity index is 5.20. The molecule has 0 spiro atoms. The zero-order valence-corrected chi connectivity index (χ0v) is 53.6. The molecule has 3 atom stereocenters. The highest BCUT2D eigenvalue weighted by Gasteiger charge is 2.27. The number of esters is 1. The highest BCUT2D eigenvalue weighted by molar-refractivity contribution is 7.45. The summed E-state index contributed by atoms with van der Waals surface area (Å²) in [5.74, 6) is -0.625. The van der Waals surface area contributed by atoms with Crippen molar-refractivity contribution in [1.29, 1.82) is 0 Å². The van der Waals surface area contributed by atoms with Crippen LogP contribution in [-0.4, -0.2) is 69.4 Å². The molecule has 10 heteroatoms. The maximum Gasteiger partial charge on any atom is 0.306 e. The van der Waals surface area contributed by atoms with Gasteiger partial charge in [0.05, 0.1) is 33.8 Å². The van der Waals surface area contributed by atoms with Crippen molar-refractivity contribution < 1.29 is 37.3 Å². The number of hydrogen-bond donors (Lipinski definition) is 1. The molecule has 0 aromatic heterocycles. The van der Waals surface area contributed by atoms with Gasteiger partial charge in [-0.05, 0) is 122 Å². The Labute approximate surface area is 498 Å². The second kappa shape index (κ2) is 59.3. The van der Waals surface area contributed by atoms with E-state index in [-0.39, 0.29) is 25.4 Å². The Hall–Kier alpha value is -3.85. The molecule has 9 nitrogen and oxygen atoms in total. The van der Waals surface area contributed by atoms with Crippen LogP contribution in [0.4, 0.5) is 0 Å². The number of phosphoric ester groups is 1. The van der Waals surface area contributed by atoms with Crippen molar-refractivity contribution in [3.8, 4) is 0 Å². The van der Waals surface area contributed by atoms with Crippen LogP contribution >= 0.6 is 7.82 Å². The molecular formula is C71H121N2O7P. The van der Waals surface area contributed by atoms with Gasteiger partial charge < -0.3 is 28.5 Å². The molecule has 3 unspecified atom stereocenters. The fourth-order valence-electron chi connectivity index (χ4n) is 8.58. The Morgan fingerprint density at radius 2 is 0.802 bits per heavy atom. The van der Waals surface area contributed by atoms with Crippen molar-refractivity contribution in [3.05, 3.63) is 134 Å². The summed E-state index contributed by atoms with van der Waals surface area (Å²) in [7, 11) is 1.13. The number of rotatable bonds is 57. The molecule has 0 saturated heterocycles. The van der Waals surface area contributed by atoms with E-state index in [2.05, 4.69) is 148 Å². The average Bonchev–Trinajstić information content (AvgIpc) is 3.43. The largest absolute Gasteiger partial charge is 0.756 e. The molecule has 0 rings (SSSR count). The third-order valence-corrected chi connectivity index (χ3v) is 14.5. The van der Waals surface area contributed by atoms with Crippen molar-refractivity contribution in [2.24, 2.45) is 0 Å². The summed E-state index contributed by atoms with van der Waals surface area (Å²) < 4.78 is 30.3. The van der Waals surface area contributed by atoms with Gasteiger partial charge in [-0.25, -0.2) is 0 Å². The number of ether oxygens (including phenoxy) is 1. The van der Waals surface area contributed by atoms with Crippen molar-refractivity contribution >= 4 is 19.7 Å². The minimum absolute atomic E-state index is 0.0396. The maximum absolute atomic E-state index is 13.6. The first-order valence-corrected chi connectivity index (χ1v) is 34.0. The zero-order valence-electron chi connectivity index (χ0n) is 52.7. The molecule has 0 saturated carbocycles. The van der Waals surface area contributed by atoms with E-state index in [4.69, 9.17) is 13.8 Å². The fourth-order valence-corrected chi connectivity index (χ4v) is 9.30. The van der Waals surface area contributed by atoms with Crippen molar-refractivity contribution in [1.82, 2.24) is 5.32 Å². The molecule has 0 aromatic carbocycles. The third kappa shape index (κ3) is 60.6. The number of carbonyl (C=O) groups is 2. The van der Waals surface area contributed by atoms with E-state index in [0.29, 0.717) is 23.9 Å². The molecule has 0 heterocycles. The highest BCUT2D eigenvalue weighted by atomic mass is 31.2. The van der Waals surface area contributed by atoms with Crippen molar-refractivity contribution in [3.63, 3.8) is 0 Å². The molecule has 0 bridgehead atoms. The first-order chi connectivity index (χ1) is 39.4. The zero-order chi connectivity index (χ0) is 59.3. The first-order valence-electron chi connectivity index (χ1n) is 32.5. The molecule has 0 aliphatic heterocycles. The van der Waals surface area contributed by atoms with Crippen LogP contribution in [0, 0.1) is 0 Å². The number of carbonyl (C=O) groups excluding carboxylic acids is 2. The summed E-state index contributed by atoms with van der Waals surface area (Å²) in [4.78, 5) is 40.0. The minimum atomic E-state index is -4.72. The Bertz CT molecular complexity index is 1850. The number of allylic oxidation sites excluding steroid dienone is 21. The summed E-state index contributed by atoms with van der Waals surface area (Å²) in [5.41, 5.74) is 0. The van der Waals surface area contributed by atoms with Gasteiger partial charge in [0, 0.05) is 12.8 Å². The van der Waals surface area contributed by atoms with Crippen LogP contribution in [0.15, 0.2) is 134 Å². The number of hydrogen-bond acceptors (Lipinski definition) is 7. The number of nitrogens with zero attached hydrogens (tertiary/aromatic N) is 1. The lowest BCUT2D eigenvalue weighted by Gasteiger charge is -2.30. The van der Waals surface area contributed by atoms with E-state index in [1.807, 2.05) is 27.2 Å². The molecule has 0 radical (unpaired) electrons. The molecule has 1 N–H and O–H groups in total. The number of quaternary nitrogens is 1. The Morgan fingerprint density at radius 3 is 1.23 bits per heavy atom. The summed E-state index contributed by atoms with van der Waals surface area (Å²) in [6.07, 6.45) is 84.3. The second-order valence-electron chi connectivity index (χ2n) is 22.5. The van der Waals surface area contributed by atoms with Gasteiger partial charge in [0.25, 0.3) is 7.82 Å². The van der Waals surface area contributed by atoms with Crippen LogP contribution < -0.4 is 10.2 Å². The Morgan fingerprint density at radius 1 is 0.444 bits per heavy atom. The van der Waals surface area contributed by atoms with E-state index < -0.39 is 32.5 Å².